The van der Waals surface area contributed by atoms with Crippen molar-refractivity contribution in [2.24, 2.45) is 0 Å². The summed E-state index contributed by atoms with van der Waals surface area (Å²) in [5, 5.41) is 13.6. The van der Waals surface area contributed by atoms with E-state index in [-0.39, 0.29) is 18.4 Å². The molecule has 1 aromatic rings. The Morgan fingerprint density at radius 1 is 1.50 bits per heavy atom. The van der Waals surface area contributed by atoms with Crippen LogP contribution in [0.4, 0.5) is 0 Å². The molecule has 0 saturated heterocycles. The van der Waals surface area contributed by atoms with E-state index in [0.29, 0.717) is 9.75 Å². The highest BCUT2D eigenvalue weighted by Gasteiger charge is 2.16. The van der Waals surface area contributed by atoms with Crippen molar-refractivity contribution < 1.29 is 14.7 Å². The molecule has 1 heterocycles. The van der Waals surface area contributed by atoms with Crippen LogP contribution in [0.1, 0.15) is 21.5 Å². The predicted molar refractivity (Wildman–Crippen MR) is 69.3 cm³/mol. The Morgan fingerprint density at radius 2 is 2.22 bits per heavy atom. The average Bonchev–Trinajstić information content (AvgIpc) is 2.83. The van der Waals surface area contributed by atoms with Crippen LogP contribution in [0.3, 0.4) is 0 Å². The van der Waals surface area contributed by atoms with Gasteiger partial charge >= 0.3 is 0 Å². The lowest BCUT2D eigenvalue weighted by molar-refractivity contribution is -0.122. The van der Waals surface area contributed by atoms with Crippen LogP contribution < -0.4 is 10.6 Å². The topological polar surface area (TPSA) is 78.4 Å². The number of rotatable bonds is 3. The number of likely N-dealkylation sites (N-methyl/N-ethyl adjacent to an activating group) is 1. The maximum Gasteiger partial charge on any atom is 0.262 e. The van der Waals surface area contributed by atoms with E-state index in [2.05, 4.69) is 22.5 Å². The van der Waals surface area contributed by atoms with Gasteiger partial charge < -0.3 is 15.7 Å². The maximum atomic E-state index is 11.8. The van der Waals surface area contributed by atoms with E-state index in [1.165, 1.54) is 18.4 Å². The molecular weight excluding hydrogens is 252 g/mol. The third-order valence-corrected chi connectivity index (χ3v) is 3.11. The summed E-state index contributed by atoms with van der Waals surface area (Å²) in [5.74, 6) is 4.66. The van der Waals surface area contributed by atoms with E-state index in [1.54, 1.807) is 19.1 Å². The van der Waals surface area contributed by atoms with Crippen molar-refractivity contribution >= 4 is 23.2 Å². The molecule has 0 fully saturated rings. The highest BCUT2D eigenvalue weighted by Crippen LogP contribution is 2.15. The van der Waals surface area contributed by atoms with Crippen molar-refractivity contribution in [1.82, 2.24) is 10.6 Å². The number of aliphatic hydroxyl groups excluding tert-OH is 1. The SMILES string of the molecule is CNC(=O)C(C)NC(=O)c1ccc(C#CCO)s1. The Hall–Kier alpha value is -1.84. The van der Waals surface area contributed by atoms with Gasteiger partial charge in [-0.3, -0.25) is 9.59 Å². The quantitative estimate of drug-likeness (QED) is 0.672. The van der Waals surface area contributed by atoms with Crippen LogP contribution in [-0.4, -0.2) is 36.6 Å². The van der Waals surface area contributed by atoms with Crippen LogP contribution in [-0.2, 0) is 4.79 Å². The van der Waals surface area contributed by atoms with E-state index in [4.69, 9.17) is 5.11 Å². The molecule has 5 nitrogen and oxygen atoms in total. The zero-order chi connectivity index (χ0) is 13.5. The first-order chi connectivity index (χ1) is 8.58. The molecule has 0 saturated carbocycles. The predicted octanol–water partition coefficient (Wildman–Crippen LogP) is -0.0438. The molecule has 0 radical (unpaired) electrons. The van der Waals surface area contributed by atoms with Crippen molar-refractivity contribution in [3.63, 3.8) is 0 Å². The molecule has 18 heavy (non-hydrogen) atoms. The number of carbonyl (C=O) groups is 2. The zero-order valence-electron chi connectivity index (χ0n) is 10.1. The molecule has 1 aromatic heterocycles. The Labute approximate surface area is 109 Å². The van der Waals surface area contributed by atoms with Gasteiger partial charge in [-0.2, -0.15) is 0 Å². The van der Waals surface area contributed by atoms with Gasteiger partial charge in [0.15, 0.2) is 0 Å². The molecule has 1 atom stereocenters. The van der Waals surface area contributed by atoms with Crippen molar-refractivity contribution in [2.45, 2.75) is 13.0 Å². The first-order valence-electron chi connectivity index (χ1n) is 5.30. The highest BCUT2D eigenvalue weighted by atomic mass is 32.1. The van der Waals surface area contributed by atoms with Gasteiger partial charge in [0.1, 0.15) is 12.6 Å². The van der Waals surface area contributed by atoms with Crippen molar-refractivity contribution in [2.75, 3.05) is 13.7 Å². The van der Waals surface area contributed by atoms with Gasteiger partial charge in [0.2, 0.25) is 5.91 Å². The number of hydrogen-bond acceptors (Lipinski definition) is 4. The molecule has 0 spiro atoms. The fraction of sp³-hybridized carbons (Fsp3) is 0.333. The van der Waals surface area contributed by atoms with Crippen LogP contribution in [0.2, 0.25) is 0 Å². The first kappa shape index (κ1) is 14.2. The Bertz CT molecular complexity index is 499. The lowest BCUT2D eigenvalue weighted by Gasteiger charge is -2.10. The number of nitrogens with one attached hydrogen (secondary N) is 2. The maximum absolute atomic E-state index is 11.8. The summed E-state index contributed by atoms with van der Waals surface area (Å²) < 4.78 is 0. The third kappa shape index (κ3) is 3.87. The number of amides is 2. The minimum Gasteiger partial charge on any atom is -0.384 e. The largest absolute Gasteiger partial charge is 0.384 e. The number of aliphatic hydroxyl groups is 1. The average molecular weight is 266 g/mol. The monoisotopic (exact) mass is 266 g/mol. The molecule has 1 rings (SSSR count). The van der Waals surface area contributed by atoms with Gasteiger partial charge in [-0.1, -0.05) is 11.8 Å². The summed E-state index contributed by atoms with van der Waals surface area (Å²) in [6, 6.07) is 2.75. The Balaban J connectivity index is 2.67. The molecule has 0 aliphatic heterocycles. The van der Waals surface area contributed by atoms with Crippen LogP contribution in [0.5, 0.6) is 0 Å². The minimum atomic E-state index is -0.587. The van der Waals surface area contributed by atoms with Crippen LogP contribution in [0.15, 0.2) is 12.1 Å². The van der Waals surface area contributed by atoms with Gasteiger partial charge in [0, 0.05) is 7.05 Å². The Morgan fingerprint density at radius 3 is 2.83 bits per heavy atom. The van der Waals surface area contributed by atoms with Crippen molar-refractivity contribution in [1.29, 1.82) is 0 Å². The number of thiophene rings is 1. The summed E-state index contributed by atoms with van der Waals surface area (Å²) in [6.45, 7) is 1.39. The van der Waals surface area contributed by atoms with Crippen LogP contribution in [0.25, 0.3) is 0 Å². The fourth-order valence-electron chi connectivity index (χ4n) is 1.20. The summed E-state index contributed by atoms with van der Waals surface area (Å²) in [5.41, 5.74) is 0. The third-order valence-electron chi connectivity index (χ3n) is 2.11. The standard InChI is InChI=1S/C12H14N2O3S/c1-8(11(16)13-2)14-12(17)10-6-5-9(18-10)4-3-7-15/h5-6,8,15H,7H2,1-2H3,(H,13,16)(H,14,17). The lowest BCUT2D eigenvalue weighted by atomic mass is 10.3. The van der Waals surface area contributed by atoms with Gasteiger partial charge in [0.05, 0.1) is 9.75 Å². The summed E-state index contributed by atoms with van der Waals surface area (Å²) >= 11 is 1.21. The molecular formula is C12H14N2O3S. The second-order valence-corrected chi connectivity index (χ2v) is 4.52. The lowest BCUT2D eigenvalue weighted by Crippen LogP contribution is -2.43. The molecule has 2 amide bonds. The fourth-order valence-corrected chi connectivity index (χ4v) is 1.99. The normalized spacial score (nSPS) is 11.1. The highest BCUT2D eigenvalue weighted by molar-refractivity contribution is 7.14. The number of carbonyl (C=O) groups excluding carboxylic acids is 2. The van der Waals surface area contributed by atoms with Crippen molar-refractivity contribution in [3.8, 4) is 11.8 Å². The van der Waals surface area contributed by atoms with Crippen LogP contribution in [0, 0.1) is 11.8 Å². The molecule has 0 aliphatic carbocycles. The molecule has 6 heteroatoms. The molecule has 0 aromatic carbocycles. The second kappa shape index (κ2) is 6.79. The van der Waals surface area contributed by atoms with Gasteiger partial charge in [-0.25, -0.2) is 0 Å². The minimum absolute atomic E-state index is 0.215. The summed E-state index contributed by atoms with van der Waals surface area (Å²) in [7, 11) is 1.51. The van der Waals surface area contributed by atoms with E-state index in [9.17, 15) is 9.59 Å². The van der Waals surface area contributed by atoms with E-state index in [1.807, 2.05) is 0 Å². The van der Waals surface area contributed by atoms with Gasteiger partial charge in [-0.15, -0.1) is 11.3 Å². The zero-order valence-corrected chi connectivity index (χ0v) is 10.9. The molecule has 3 N–H and O–H groups in total. The number of hydrogen-bond donors (Lipinski definition) is 3. The molecule has 0 aliphatic rings. The smallest absolute Gasteiger partial charge is 0.262 e. The van der Waals surface area contributed by atoms with Crippen LogP contribution >= 0.6 is 11.3 Å². The Kier molecular flexibility index (Phi) is 5.36. The first-order valence-corrected chi connectivity index (χ1v) is 6.12. The second-order valence-electron chi connectivity index (χ2n) is 3.43. The van der Waals surface area contributed by atoms with Gasteiger partial charge in [-0.05, 0) is 19.1 Å². The van der Waals surface area contributed by atoms with Crippen molar-refractivity contribution in [3.05, 3.63) is 21.9 Å². The molecule has 0 bridgehead atoms. The van der Waals surface area contributed by atoms with E-state index in [0.717, 1.165) is 0 Å². The summed E-state index contributed by atoms with van der Waals surface area (Å²) in [6.07, 6.45) is 0. The van der Waals surface area contributed by atoms with E-state index >= 15 is 0 Å². The van der Waals surface area contributed by atoms with E-state index < -0.39 is 6.04 Å². The molecule has 1 unspecified atom stereocenters. The van der Waals surface area contributed by atoms with Gasteiger partial charge in [0.25, 0.3) is 5.91 Å². The summed E-state index contributed by atoms with van der Waals surface area (Å²) in [4.78, 5) is 24.2. The molecule has 96 valence electrons.